The highest BCUT2D eigenvalue weighted by atomic mass is 32.2. The van der Waals surface area contributed by atoms with Gasteiger partial charge in [0.25, 0.3) is 0 Å². The lowest BCUT2D eigenvalue weighted by molar-refractivity contribution is 0.0730. The molecule has 6 nitrogen and oxygen atoms in total. The van der Waals surface area contributed by atoms with Crippen molar-refractivity contribution >= 4 is 26.7 Å². The third-order valence-corrected chi connectivity index (χ3v) is 7.36. The number of nitrogens with zero attached hydrogens (tertiary/aromatic N) is 2. The second-order valence-corrected chi connectivity index (χ2v) is 9.48. The molecule has 0 bridgehead atoms. The molecule has 2 heterocycles. The minimum atomic E-state index is -3.53. The number of aryl methyl sites for hydroxylation is 2. The van der Waals surface area contributed by atoms with E-state index in [2.05, 4.69) is 4.98 Å². The largest absolute Gasteiger partial charge is 0.379 e. The Balaban J connectivity index is 1.44. The topological polar surface area (TPSA) is 76.6 Å². The monoisotopic (exact) mass is 442 g/mol. The van der Waals surface area contributed by atoms with E-state index in [4.69, 9.17) is 4.74 Å². The van der Waals surface area contributed by atoms with Gasteiger partial charge >= 0.3 is 0 Å². The third kappa shape index (κ3) is 4.66. The van der Waals surface area contributed by atoms with Gasteiger partial charge in [-0.1, -0.05) is 12.1 Å². The van der Waals surface area contributed by atoms with Crippen LogP contribution in [0.2, 0.25) is 0 Å². The van der Waals surface area contributed by atoms with E-state index >= 15 is 0 Å². The van der Waals surface area contributed by atoms with Crippen LogP contribution in [-0.2, 0) is 21.2 Å². The molecule has 2 aromatic carbocycles. The first-order valence-electron chi connectivity index (χ1n) is 10.1. The number of hydrogen-bond acceptors (Lipinski definition) is 5. The van der Waals surface area contributed by atoms with Crippen molar-refractivity contribution in [3.63, 3.8) is 0 Å². The average Bonchev–Trinajstić information content (AvgIpc) is 2.78. The van der Waals surface area contributed by atoms with Crippen LogP contribution in [-0.4, -0.2) is 49.8 Å². The molecule has 1 fully saturated rings. The van der Waals surface area contributed by atoms with E-state index in [-0.39, 0.29) is 22.9 Å². The molecule has 0 unspecified atom stereocenters. The van der Waals surface area contributed by atoms with Crippen LogP contribution in [0.5, 0.6) is 0 Å². The van der Waals surface area contributed by atoms with Gasteiger partial charge in [-0.15, -0.1) is 0 Å². The molecule has 0 saturated carbocycles. The normalized spacial score (nSPS) is 15.3. The van der Waals surface area contributed by atoms with Crippen LogP contribution in [0.1, 0.15) is 28.0 Å². The van der Waals surface area contributed by atoms with Crippen molar-refractivity contribution in [2.75, 3.05) is 26.3 Å². The SMILES string of the molecule is Cc1nc2cc(F)ccc2cc1C(=O)CCc1ccc(S(=O)(=O)N2CCOCC2)cc1. The van der Waals surface area contributed by atoms with Crippen LogP contribution in [0.25, 0.3) is 10.9 Å². The molecule has 0 aliphatic carbocycles. The number of morpholine rings is 1. The van der Waals surface area contributed by atoms with Gasteiger partial charge in [0, 0.05) is 42.2 Å². The Hall–Kier alpha value is -2.68. The molecule has 1 aliphatic rings. The number of fused-ring (bicyclic) bond motifs is 1. The molecular formula is C23H23FN2O4S. The molecular weight excluding hydrogens is 419 g/mol. The van der Waals surface area contributed by atoms with Crippen LogP contribution in [0.3, 0.4) is 0 Å². The van der Waals surface area contributed by atoms with Crippen molar-refractivity contribution in [1.29, 1.82) is 0 Å². The van der Waals surface area contributed by atoms with Crippen molar-refractivity contribution in [1.82, 2.24) is 9.29 Å². The molecule has 31 heavy (non-hydrogen) atoms. The van der Waals surface area contributed by atoms with Crippen molar-refractivity contribution in [2.45, 2.75) is 24.7 Å². The summed E-state index contributed by atoms with van der Waals surface area (Å²) >= 11 is 0. The van der Waals surface area contributed by atoms with E-state index < -0.39 is 10.0 Å². The standard InChI is InChI=1S/C23H23FN2O4S/c1-16-21(14-18-5-6-19(24)15-22(18)25-16)23(27)9-4-17-2-7-20(8-3-17)31(28,29)26-10-12-30-13-11-26/h2-3,5-8,14-15H,4,9-13H2,1H3. The van der Waals surface area contributed by atoms with Crippen molar-refractivity contribution in [2.24, 2.45) is 0 Å². The Morgan fingerprint density at radius 2 is 1.81 bits per heavy atom. The fourth-order valence-corrected chi connectivity index (χ4v) is 5.08. The van der Waals surface area contributed by atoms with E-state index in [1.54, 1.807) is 43.3 Å². The quantitative estimate of drug-likeness (QED) is 0.546. The summed E-state index contributed by atoms with van der Waals surface area (Å²) in [7, 11) is -3.53. The highest BCUT2D eigenvalue weighted by Gasteiger charge is 2.26. The maximum atomic E-state index is 13.4. The fraction of sp³-hybridized carbons (Fsp3) is 0.304. The number of aromatic nitrogens is 1. The van der Waals surface area contributed by atoms with Gasteiger partial charge in [0.05, 0.1) is 23.6 Å². The number of pyridine rings is 1. The van der Waals surface area contributed by atoms with Gasteiger partial charge in [0.1, 0.15) is 5.82 Å². The van der Waals surface area contributed by atoms with Crippen LogP contribution in [0, 0.1) is 12.7 Å². The number of halogens is 1. The number of rotatable bonds is 6. The molecule has 3 aromatic rings. The van der Waals surface area contributed by atoms with E-state index in [0.29, 0.717) is 54.9 Å². The molecule has 1 aliphatic heterocycles. The number of hydrogen-bond donors (Lipinski definition) is 0. The third-order valence-electron chi connectivity index (χ3n) is 5.44. The predicted octanol–water partition coefficient (Wildman–Crippen LogP) is 3.52. The van der Waals surface area contributed by atoms with Crippen LogP contribution in [0.4, 0.5) is 4.39 Å². The first kappa shape index (κ1) is 21.5. The molecule has 0 amide bonds. The fourth-order valence-electron chi connectivity index (χ4n) is 3.68. The molecule has 1 saturated heterocycles. The Bertz CT molecular complexity index is 1220. The summed E-state index contributed by atoms with van der Waals surface area (Å²) in [6, 6.07) is 12.7. The van der Waals surface area contributed by atoms with Gasteiger partial charge in [0.15, 0.2) is 5.78 Å². The molecule has 0 radical (unpaired) electrons. The zero-order valence-corrected chi connectivity index (χ0v) is 18.0. The summed E-state index contributed by atoms with van der Waals surface area (Å²) in [5.74, 6) is -0.418. The van der Waals surface area contributed by atoms with E-state index in [9.17, 15) is 17.6 Å². The zero-order valence-electron chi connectivity index (χ0n) is 17.2. The Morgan fingerprint density at radius 3 is 2.52 bits per heavy atom. The van der Waals surface area contributed by atoms with Crippen molar-refractivity contribution in [3.05, 3.63) is 71.2 Å². The number of carbonyl (C=O) groups is 1. The van der Waals surface area contributed by atoms with Crippen LogP contribution >= 0.6 is 0 Å². The maximum absolute atomic E-state index is 13.4. The first-order chi connectivity index (χ1) is 14.8. The second-order valence-electron chi connectivity index (χ2n) is 7.54. The summed E-state index contributed by atoms with van der Waals surface area (Å²) in [4.78, 5) is 17.4. The predicted molar refractivity (Wildman–Crippen MR) is 115 cm³/mol. The number of carbonyl (C=O) groups excluding carboxylic acids is 1. The molecule has 0 spiro atoms. The van der Waals surface area contributed by atoms with Crippen LogP contribution in [0.15, 0.2) is 53.4 Å². The molecule has 0 N–H and O–H groups in total. The van der Waals surface area contributed by atoms with Crippen molar-refractivity contribution < 1.29 is 22.3 Å². The highest BCUT2D eigenvalue weighted by molar-refractivity contribution is 7.89. The lowest BCUT2D eigenvalue weighted by Gasteiger charge is -2.26. The molecule has 8 heteroatoms. The first-order valence-corrected chi connectivity index (χ1v) is 11.6. The maximum Gasteiger partial charge on any atom is 0.243 e. The average molecular weight is 443 g/mol. The van der Waals surface area contributed by atoms with Gasteiger partial charge in [-0.25, -0.2) is 12.8 Å². The van der Waals surface area contributed by atoms with Gasteiger partial charge in [-0.2, -0.15) is 4.31 Å². The van der Waals surface area contributed by atoms with E-state index in [1.807, 2.05) is 0 Å². The van der Waals surface area contributed by atoms with Crippen molar-refractivity contribution in [3.8, 4) is 0 Å². The van der Waals surface area contributed by atoms with Crippen LogP contribution < -0.4 is 0 Å². The summed E-state index contributed by atoms with van der Waals surface area (Å²) in [5.41, 5.74) is 2.48. The number of Topliss-reactive ketones (excluding diaryl/α,β-unsaturated/α-hetero) is 1. The van der Waals surface area contributed by atoms with E-state index in [1.165, 1.54) is 16.4 Å². The minimum absolute atomic E-state index is 0.0544. The molecule has 0 atom stereocenters. The Labute approximate surface area is 180 Å². The van der Waals surface area contributed by atoms with E-state index in [0.717, 1.165) is 5.56 Å². The Morgan fingerprint density at radius 1 is 1.10 bits per heavy atom. The smallest absolute Gasteiger partial charge is 0.243 e. The minimum Gasteiger partial charge on any atom is -0.379 e. The second kappa shape index (κ2) is 8.82. The van der Waals surface area contributed by atoms with Gasteiger partial charge in [-0.05, 0) is 49.2 Å². The molecule has 1 aromatic heterocycles. The zero-order chi connectivity index (χ0) is 22.0. The van der Waals surface area contributed by atoms with Gasteiger partial charge in [0.2, 0.25) is 10.0 Å². The number of sulfonamides is 1. The lowest BCUT2D eigenvalue weighted by atomic mass is 10.0. The summed E-state index contributed by atoms with van der Waals surface area (Å²) < 4.78 is 45.4. The Kier molecular flexibility index (Phi) is 6.13. The molecule has 4 rings (SSSR count). The van der Waals surface area contributed by atoms with Gasteiger partial charge in [-0.3, -0.25) is 9.78 Å². The van der Waals surface area contributed by atoms with Gasteiger partial charge < -0.3 is 4.74 Å². The summed E-state index contributed by atoms with van der Waals surface area (Å²) in [6.07, 6.45) is 0.752. The number of benzene rings is 2. The summed E-state index contributed by atoms with van der Waals surface area (Å²) in [5, 5.41) is 0.716. The molecule has 162 valence electrons. The lowest BCUT2D eigenvalue weighted by Crippen LogP contribution is -2.40. The number of ketones is 1. The number of ether oxygens (including phenoxy) is 1. The summed E-state index contributed by atoms with van der Waals surface area (Å²) in [6.45, 7) is 3.24. The highest BCUT2D eigenvalue weighted by Crippen LogP contribution is 2.21.